The molecule has 0 spiro atoms. The van der Waals surface area contributed by atoms with E-state index in [9.17, 15) is 4.79 Å². The first-order valence-corrected chi connectivity index (χ1v) is 7.59. The molecule has 100 valence electrons. The van der Waals surface area contributed by atoms with Crippen molar-refractivity contribution in [2.45, 2.75) is 13.8 Å². The first-order chi connectivity index (χ1) is 9.02. The molecule has 0 radical (unpaired) electrons. The maximum absolute atomic E-state index is 12.3. The fourth-order valence-corrected chi connectivity index (χ4v) is 2.93. The summed E-state index contributed by atoms with van der Waals surface area (Å²) in [7, 11) is 1.79. The van der Waals surface area contributed by atoms with Gasteiger partial charge in [0.15, 0.2) is 0 Å². The molecule has 19 heavy (non-hydrogen) atoms. The molecule has 0 unspecified atom stereocenters. The lowest BCUT2D eigenvalue weighted by Gasteiger charge is -2.08. The van der Waals surface area contributed by atoms with Crippen molar-refractivity contribution in [3.8, 4) is 0 Å². The van der Waals surface area contributed by atoms with Crippen molar-refractivity contribution in [1.82, 2.24) is 4.37 Å². The number of aryl methyl sites for hydroxylation is 2. The predicted octanol–water partition coefficient (Wildman–Crippen LogP) is 3.66. The molecule has 1 aromatic heterocycles. The number of benzene rings is 1. The van der Waals surface area contributed by atoms with Gasteiger partial charge < -0.3 is 10.6 Å². The van der Waals surface area contributed by atoms with Gasteiger partial charge in [-0.25, -0.2) is 0 Å². The summed E-state index contributed by atoms with van der Waals surface area (Å²) in [6, 6.07) is 5.86. The Labute approximate surface area is 129 Å². The van der Waals surface area contributed by atoms with E-state index in [1.165, 1.54) is 17.1 Å². The highest BCUT2D eigenvalue weighted by molar-refractivity contribution is 14.1. The standard InChI is InChI=1S/C13H14IN3OS/c1-7-4-5-9(6-10(7)14)16-12(18)11-8(2)17-19-13(11)15-3/h4-6,15H,1-3H3,(H,16,18). The zero-order valence-corrected chi connectivity index (χ0v) is 13.8. The van der Waals surface area contributed by atoms with E-state index in [0.717, 1.165) is 20.0 Å². The van der Waals surface area contributed by atoms with Gasteiger partial charge in [0.05, 0.1) is 11.3 Å². The van der Waals surface area contributed by atoms with Gasteiger partial charge in [-0.15, -0.1) is 0 Å². The van der Waals surface area contributed by atoms with E-state index in [1.54, 1.807) is 7.05 Å². The normalized spacial score (nSPS) is 10.3. The molecule has 6 heteroatoms. The van der Waals surface area contributed by atoms with Gasteiger partial charge in [-0.3, -0.25) is 4.79 Å². The van der Waals surface area contributed by atoms with Crippen molar-refractivity contribution in [2.24, 2.45) is 0 Å². The fraction of sp³-hybridized carbons (Fsp3) is 0.231. The van der Waals surface area contributed by atoms with Crippen molar-refractivity contribution in [3.63, 3.8) is 0 Å². The lowest BCUT2D eigenvalue weighted by molar-refractivity contribution is 0.102. The second-order valence-electron chi connectivity index (χ2n) is 4.14. The number of anilines is 2. The van der Waals surface area contributed by atoms with E-state index < -0.39 is 0 Å². The summed E-state index contributed by atoms with van der Waals surface area (Å²) in [4.78, 5) is 12.3. The van der Waals surface area contributed by atoms with Gasteiger partial charge in [0, 0.05) is 16.3 Å². The Morgan fingerprint density at radius 3 is 2.74 bits per heavy atom. The molecule has 2 aromatic rings. The summed E-state index contributed by atoms with van der Waals surface area (Å²) in [5.41, 5.74) is 3.35. The van der Waals surface area contributed by atoms with E-state index in [1.807, 2.05) is 32.0 Å². The van der Waals surface area contributed by atoms with E-state index in [4.69, 9.17) is 0 Å². The quantitative estimate of drug-likeness (QED) is 0.791. The van der Waals surface area contributed by atoms with Gasteiger partial charge in [0.2, 0.25) is 0 Å². The van der Waals surface area contributed by atoms with Crippen LogP contribution in [0.15, 0.2) is 18.2 Å². The Morgan fingerprint density at radius 1 is 1.37 bits per heavy atom. The molecule has 0 aliphatic heterocycles. The highest BCUT2D eigenvalue weighted by atomic mass is 127. The molecule has 0 fully saturated rings. The minimum Gasteiger partial charge on any atom is -0.378 e. The Hall–Kier alpha value is -1.15. The highest BCUT2D eigenvalue weighted by Gasteiger charge is 2.17. The molecular formula is C13H14IN3OS. The van der Waals surface area contributed by atoms with Crippen molar-refractivity contribution in [3.05, 3.63) is 38.6 Å². The molecular weight excluding hydrogens is 373 g/mol. The van der Waals surface area contributed by atoms with Crippen LogP contribution in [0.2, 0.25) is 0 Å². The highest BCUT2D eigenvalue weighted by Crippen LogP contribution is 2.25. The summed E-state index contributed by atoms with van der Waals surface area (Å²) in [6.07, 6.45) is 0. The van der Waals surface area contributed by atoms with Crippen LogP contribution in [0.5, 0.6) is 0 Å². The van der Waals surface area contributed by atoms with Gasteiger partial charge >= 0.3 is 0 Å². The smallest absolute Gasteiger partial charge is 0.260 e. The largest absolute Gasteiger partial charge is 0.378 e. The van der Waals surface area contributed by atoms with Gasteiger partial charge in [0.1, 0.15) is 5.00 Å². The van der Waals surface area contributed by atoms with Crippen LogP contribution in [0.3, 0.4) is 0 Å². The third-order valence-corrected chi connectivity index (χ3v) is 4.86. The lowest BCUT2D eigenvalue weighted by atomic mass is 10.2. The Balaban J connectivity index is 2.25. The third kappa shape index (κ3) is 3.06. The van der Waals surface area contributed by atoms with Crippen LogP contribution in [-0.4, -0.2) is 17.3 Å². The molecule has 2 rings (SSSR count). The second-order valence-corrected chi connectivity index (χ2v) is 6.08. The minimum absolute atomic E-state index is 0.129. The number of aromatic nitrogens is 1. The van der Waals surface area contributed by atoms with Gasteiger partial charge in [-0.1, -0.05) is 6.07 Å². The number of nitrogens with one attached hydrogen (secondary N) is 2. The summed E-state index contributed by atoms with van der Waals surface area (Å²) >= 11 is 3.55. The third-order valence-electron chi connectivity index (χ3n) is 2.75. The topological polar surface area (TPSA) is 54.0 Å². The first-order valence-electron chi connectivity index (χ1n) is 5.74. The zero-order valence-electron chi connectivity index (χ0n) is 10.9. The van der Waals surface area contributed by atoms with Gasteiger partial charge in [0.25, 0.3) is 5.91 Å². The Morgan fingerprint density at radius 2 is 2.11 bits per heavy atom. The van der Waals surface area contributed by atoms with E-state index in [0.29, 0.717) is 5.56 Å². The van der Waals surface area contributed by atoms with E-state index in [-0.39, 0.29) is 5.91 Å². The molecule has 0 aliphatic rings. The molecule has 2 N–H and O–H groups in total. The summed E-state index contributed by atoms with van der Waals surface area (Å²) in [5, 5.41) is 6.70. The van der Waals surface area contributed by atoms with Crippen LogP contribution in [0.4, 0.5) is 10.7 Å². The van der Waals surface area contributed by atoms with Crippen LogP contribution >= 0.6 is 34.1 Å². The zero-order chi connectivity index (χ0) is 14.0. The van der Waals surface area contributed by atoms with Crippen molar-refractivity contribution >= 4 is 50.7 Å². The Kier molecular flexibility index (Phi) is 4.41. The molecule has 1 amide bonds. The SMILES string of the molecule is CNc1snc(C)c1C(=O)Nc1ccc(C)c(I)c1. The van der Waals surface area contributed by atoms with Crippen molar-refractivity contribution < 1.29 is 4.79 Å². The van der Waals surface area contributed by atoms with Crippen LogP contribution in [0, 0.1) is 17.4 Å². The van der Waals surface area contributed by atoms with Gasteiger partial charge in [-0.2, -0.15) is 4.37 Å². The van der Waals surface area contributed by atoms with Crippen molar-refractivity contribution in [2.75, 3.05) is 17.7 Å². The number of halogens is 1. The minimum atomic E-state index is -0.129. The number of nitrogens with zero attached hydrogens (tertiary/aromatic N) is 1. The van der Waals surface area contributed by atoms with E-state index in [2.05, 4.69) is 37.6 Å². The fourth-order valence-electron chi connectivity index (χ4n) is 1.67. The summed E-state index contributed by atoms with van der Waals surface area (Å²) in [6.45, 7) is 3.88. The van der Waals surface area contributed by atoms with E-state index >= 15 is 0 Å². The molecule has 0 aliphatic carbocycles. The molecule has 1 heterocycles. The molecule has 4 nitrogen and oxygen atoms in total. The van der Waals surface area contributed by atoms with Gasteiger partial charge in [-0.05, 0) is 65.7 Å². The first kappa shape index (κ1) is 14.3. The summed E-state index contributed by atoms with van der Waals surface area (Å²) in [5.74, 6) is -0.129. The molecule has 0 saturated carbocycles. The molecule has 0 bridgehead atoms. The van der Waals surface area contributed by atoms with Crippen LogP contribution in [0.1, 0.15) is 21.6 Å². The van der Waals surface area contributed by atoms with Crippen LogP contribution < -0.4 is 10.6 Å². The number of amides is 1. The molecule has 0 saturated heterocycles. The van der Waals surface area contributed by atoms with Crippen LogP contribution in [0.25, 0.3) is 0 Å². The molecule has 0 atom stereocenters. The second kappa shape index (κ2) is 5.87. The lowest BCUT2D eigenvalue weighted by Crippen LogP contribution is -2.14. The predicted molar refractivity (Wildman–Crippen MR) is 88.2 cm³/mol. The Bertz CT molecular complexity index is 624. The number of hydrogen-bond donors (Lipinski definition) is 2. The van der Waals surface area contributed by atoms with Crippen molar-refractivity contribution in [1.29, 1.82) is 0 Å². The number of carbonyl (C=O) groups is 1. The molecule has 1 aromatic carbocycles. The monoisotopic (exact) mass is 387 g/mol. The maximum Gasteiger partial charge on any atom is 0.260 e. The maximum atomic E-state index is 12.3. The number of carbonyl (C=O) groups excluding carboxylic acids is 1. The summed E-state index contributed by atoms with van der Waals surface area (Å²) < 4.78 is 5.33. The van der Waals surface area contributed by atoms with Crippen LogP contribution in [-0.2, 0) is 0 Å². The number of hydrogen-bond acceptors (Lipinski definition) is 4. The average molecular weight is 387 g/mol. The average Bonchev–Trinajstić information content (AvgIpc) is 2.75. The number of rotatable bonds is 3.